The van der Waals surface area contributed by atoms with Crippen LogP contribution in [0.15, 0.2) is 66.0 Å². The molecule has 5 nitrogen and oxygen atoms in total. The molecule has 2 heterocycles. The van der Waals surface area contributed by atoms with Crippen LogP contribution in [-0.4, -0.2) is 28.2 Å². The van der Waals surface area contributed by atoms with Crippen molar-refractivity contribution in [3.63, 3.8) is 0 Å². The van der Waals surface area contributed by atoms with E-state index >= 15 is 0 Å². The van der Waals surface area contributed by atoms with Crippen molar-refractivity contribution < 1.29 is 9.53 Å². The van der Waals surface area contributed by atoms with Gasteiger partial charge in [0, 0.05) is 17.9 Å². The number of benzene rings is 2. The molecule has 3 aromatic rings. The third kappa shape index (κ3) is 4.29. The van der Waals surface area contributed by atoms with Crippen LogP contribution < -0.4 is 5.73 Å². The Bertz CT molecular complexity index is 932. The van der Waals surface area contributed by atoms with E-state index in [0.29, 0.717) is 5.56 Å². The van der Waals surface area contributed by atoms with E-state index < -0.39 is 5.91 Å². The predicted octanol–water partition coefficient (Wildman–Crippen LogP) is 4.12. The van der Waals surface area contributed by atoms with Gasteiger partial charge in [-0.3, -0.25) is 4.79 Å². The Hall–Kier alpha value is -2.57. The molecule has 1 aliphatic heterocycles. The summed E-state index contributed by atoms with van der Waals surface area (Å²) in [5.41, 5.74) is 9.24. The topological polar surface area (TPSA) is 70.1 Å². The van der Waals surface area contributed by atoms with Crippen LogP contribution in [0.25, 0.3) is 11.3 Å². The standard InChI is InChI=1S/C22H23N3O2S/c23-21(26)18-10-8-16(9-11-18)15-28-22-24-13-20(17-5-2-1-3-6-17)25(22)14-19-7-4-12-27-19/h1-3,5-6,8-11,13,19H,4,7,12,14-15H2,(H2,23,26). The van der Waals surface area contributed by atoms with Gasteiger partial charge in [-0.05, 0) is 36.1 Å². The van der Waals surface area contributed by atoms with Crippen molar-refractivity contribution in [3.05, 3.63) is 71.9 Å². The number of imidazole rings is 1. The van der Waals surface area contributed by atoms with Gasteiger partial charge in [0.15, 0.2) is 5.16 Å². The molecule has 1 fully saturated rings. The molecular formula is C22H23N3O2S. The van der Waals surface area contributed by atoms with E-state index in [4.69, 9.17) is 15.5 Å². The highest BCUT2D eigenvalue weighted by atomic mass is 32.2. The van der Waals surface area contributed by atoms with Crippen molar-refractivity contribution in [3.8, 4) is 11.3 Å². The van der Waals surface area contributed by atoms with Crippen LogP contribution in [0.1, 0.15) is 28.8 Å². The maximum absolute atomic E-state index is 11.2. The first-order chi connectivity index (χ1) is 13.7. The van der Waals surface area contributed by atoms with Gasteiger partial charge >= 0.3 is 0 Å². The van der Waals surface area contributed by atoms with Crippen molar-refractivity contribution in [1.29, 1.82) is 0 Å². The number of aromatic nitrogens is 2. The van der Waals surface area contributed by atoms with Crippen LogP contribution in [0.4, 0.5) is 0 Å². The van der Waals surface area contributed by atoms with E-state index in [1.165, 1.54) is 0 Å². The maximum Gasteiger partial charge on any atom is 0.248 e. The Kier molecular flexibility index (Phi) is 5.78. The fourth-order valence-electron chi connectivity index (χ4n) is 3.39. The minimum absolute atomic E-state index is 0.242. The van der Waals surface area contributed by atoms with Gasteiger partial charge in [0.05, 0.1) is 24.5 Å². The predicted molar refractivity (Wildman–Crippen MR) is 111 cm³/mol. The number of carbonyl (C=O) groups excluding carboxylic acids is 1. The molecule has 4 rings (SSSR count). The molecule has 6 heteroatoms. The number of primary amides is 1. The molecule has 1 amide bonds. The number of amides is 1. The number of hydrogen-bond donors (Lipinski definition) is 1. The molecule has 0 spiro atoms. The van der Waals surface area contributed by atoms with Crippen molar-refractivity contribution >= 4 is 17.7 Å². The Labute approximate surface area is 168 Å². The summed E-state index contributed by atoms with van der Waals surface area (Å²) in [4.78, 5) is 15.9. The Morgan fingerprint density at radius 2 is 1.96 bits per heavy atom. The van der Waals surface area contributed by atoms with Gasteiger partial charge in [-0.15, -0.1) is 0 Å². The third-order valence-electron chi connectivity index (χ3n) is 4.91. The highest BCUT2D eigenvalue weighted by Gasteiger charge is 2.20. The van der Waals surface area contributed by atoms with Crippen LogP contribution in [0.3, 0.4) is 0 Å². The molecule has 1 aliphatic rings. The van der Waals surface area contributed by atoms with E-state index in [2.05, 4.69) is 16.7 Å². The van der Waals surface area contributed by atoms with Gasteiger partial charge in [0.2, 0.25) is 5.91 Å². The van der Waals surface area contributed by atoms with E-state index in [1.54, 1.807) is 23.9 Å². The summed E-state index contributed by atoms with van der Waals surface area (Å²) in [7, 11) is 0. The fourth-order valence-corrected chi connectivity index (χ4v) is 4.34. The van der Waals surface area contributed by atoms with Gasteiger partial charge in [-0.2, -0.15) is 0 Å². The molecule has 2 aromatic carbocycles. The summed E-state index contributed by atoms with van der Waals surface area (Å²) in [6, 6.07) is 17.8. The molecule has 0 radical (unpaired) electrons. The molecule has 1 aromatic heterocycles. The molecule has 28 heavy (non-hydrogen) atoms. The van der Waals surface area contributed by atoms with Crippen LogP contribution in [0, 0.1) is 0 Å². The lowest BCUT2D eigenvalue weighted by Gasteiger charge is -2.16. The lowest BCUT2D eigenvalue weighted by atomic mass is 10.1. The molecule has 1 atom stereocenters. The number of nitrogens with two attached hydrogens (primary N) is 1. The molecule has 0 saturated carbocycles. The summed E-state index contributed by atoms with van der Waals surface area (Å²) < 4.78 is 8.14. The van der Waals surface area contributed by atoms with Crippen molar-refractivity contribution in [2.45, 2.75) is 36.4 Å². The summed E-state index contributed by atoms with van der Waals surface area (Å²) in [6.45, 7) is 1.65. The SMILES string of the molecule is NC(=O)c1ccc(CSc2ncc(-c3ccccc3)n2CC2CCCO2)cc1. The number of rotatable bonds is 7. The monoisotopic (exact) mass is 393 g/mol. The molecule has 0 bridgehead atoms. The first kappa shape index (κ1) is 18.8. The molecule has 0 aliphatic carbocycles. The molecule has 144 valence electrons. The molecular weight excluding hydrogens is 370 g/mol. The van der Waals surface area contributed by atoms with Gasteiger partial charge in [0.25, 0.3) is 0 Å². The van der Waals surface area contributed by atoms with Crippen LogP contribution in [0.2, 0.25) is 0 Å². The van der Waals surface area contributed by atoms with E-state index in [1.807, 2.05) is 36.5 Å². The third-order valence-corrected chi connectivity index (χ3v) is 5.97. The quantitative estimate of drug-likeness (QED) is 0.613. The average Bonchev–Trinajstić information content (AvgIpc) is 3.38. The number of carbonyl (C=O) groups is 1. The summed E-state index contributed by atoms with van der Waals surface area (Å²) >= 11 is 1.69. The molecule has 2 N–H and O–H groups in total. The fraction of sp³-hybridized carbons (Fsp3) is 0.273. The van der Waals surface area contributed by atoms with Gasteiger partial charge < -0.3 is 15.0 Å². The number of thioether (sulfide) groups is 1. The largest absolute Gasteiger partial charge is 0.376 e. The zero-order chi connectivity index (χ0) is 19.3. The molecule has 1 unspecified atom stereocenters. The normalized spacial score (nSPS) is 16.4. The van der Waals surface area contributed by atoms with Crippen LogP contribution in [0.5, 0.6) is 0 Å². The van der Waals surface area contributed by atoms with Gasteiger partial charge in [-0.25, -0.2) is 4.98 Å². The zero-order valence-electron chi connectivity index (χ0n) is 15.6. The minimum atomic E-state index is -0.404. The van der Waals surface area contributed by atoms with E-state index in [-0.39, 0.29) is 6.10 Å². The average molecular weight is 394 g/mol. The second kappa shape index (κ2) is 8.63. The van der Waals surface area contributed by atoms with Crippen LogP contribution >= 0.6 is 11.8 Å². The van der Waals surface area contributed by atoms with E-state index in [9.17, 15) is 4.79 Å². The number of hydrogen-bond acceptors (Lipinski definition) is 4. The molecule has 1 saturated heterocycles. The Morgan fingerprint density at radius 3 is 2.64 bits per heavy atom. The highest BCUT2D eigenvalue weighted by Crippen LogP contribution is 2.30. The Morgan fingerprint density at radius 1 is 1.18 bits per heavy atom. The maximum atomic E-state index is 11.2. The van der Waals surface area contributed by atoms with Crippen molar-refractivity contribution in [1.82, 2.24) is 9.55 Å². The van der Waals surface area contributed by atoms with Crippen molar-refractivity contribution in [2.24, 2.45) is 5.73 Å². The minimum Gasteiger partial charge on any atom is -0.376 e. The lowest BCUT2D eigenvalue weighted by molar-refractivity contribution is 0.0953. The van der Waals surface area contributed by atoms with Gasteiger partial charge in [-0.1, -0.05) is 54.2 Å². The zero-order valence-corrected chi connectivity index (χ0v) is 16.4. The Balaban J connectivity index is 1.55. The lowest BCUT2D eigenvalue weighted by Crippen LogP contribution is -2.16. The van der Waals surface area contributed by atoms with Crippen LogP contribution in [-0.2, 0) is 17.0 Å². The first-order valence-corrected chi connectivity index (χ1v) is 10.4. The van der Waals surface area contributed by atoms with E-state index in [0.717, 1.165) is 53.7 Å². The summed E-state index contributed by atoms with van der Waals surface area (Å²) in [5, 5.41) is 0.980. The van der Waals surface area contributed by atoms with Crippen molar-refractivity contribution in [2.75, 3.05) is 6.61 Å². The highest BCUT2D eigenvalue weighted by molar-refractivity contribution is 7.98. The van der Waals surface area contributed by atoms with Gasteiger partial charge in [0.1, 0.15) is 0 Å². The summed E-state index contributed by atoms with van der Waals surface area (Å²) in [6.07, 6.45) is 4.40. The number of nitrogens with zero attached hydrogens (tertiary/aromatic N) is 2. The first-order valence-electron chi connectivity index (χ1n) is 9.45. The second-order valence-electron chi connectivity index (χ2n) is 6.89. The second-order valence-corrected chi connectivity index (χ2v) is 7.83. The number of ether oxygens (including phenoxy) is 1. The smallest absolute Gasteiger partial charge is 0.248 e. The summed E-state index contributed by atoms with van der Waals surface area (Å²) in [5.74, 6) is 0.370.